The Bertz CT molecular complexity index is 379. The van der Waals surface area contributed by atoms with Crippen LogP contribution in [0.5, 0.6) is 0 Å². The molecule has 0 N–H and O–H groups in total. The summed E-state index contributed by atoms with van der Waals surface area (Å²) in [5.41, 5.74) is 0. The Labute approximate surface area is 110 Å². The maximum atomic E-state index is 12.0. The Morgan fingerprint density at radius 2 is 1.61 bits per heavy atom. The quantitative estimate of drug-likeness (QED) is 0.784. The highest BCUT2D eigenvalue weighted by molar-refractivity contribution is 7.92. The number of likely N-dealkylation sites (tertiary alicyclic amines) is 1. The van der Waals surface area contributed by atoms with E-state index in [-0.39, 0.29) is 23.3 Å². The van der Waals surface area contributed by atoms with E-state index in [0.29, 0.717) is 0 Å². The molecule has 1 amide bonds. The SMILES string of the molecule is O=C(CCS(=O)(=O)C1CCCC1)N1CCCCC1. The molecule has 0 atom stereocenters. The second-order valence-corrected chi connectivity index (χ2v) is 7.87. The summed E-state index contributed by atoms with van der Waals surface area (Å²) < 4.78 is 24.1. The third-order valence-corrected chi connectivity index (χ3v) is 6.38. The standard InChI is InChI=1S/C13H23NO3S/c15-13(14-9-4-1-5-10-14)8-11-18(16,17)12-6-2-3-7-12/h12H,1-11H2. The fraction of sp³-hybridized carbons (Fsp3) is 0.923. The number of rotatable bonds is 4. The highest BCUT2D eigenvalue weighted by Crippen LogP contribution is 2.25. The van der Waals surface area contributed by atoms with Gasteiger partial charge in [0, 0.05) is 19.5 Å². The lowest BCUT2D eigenvalue weighted by molar-refractivity contribution is -0.131. The monoisotopic (exact) mass is 273 g/mol. The second kappa shape index (κ2) is 6.04. The lowest BCUT2D eigenvalue weighted by atomic mass is 10.1. The third-order valence-electron chi connectivity index (χ3n) is 4.12. The molecule has 0 bridgehead atoms. The summed E-state index contributed by atoms with van der Waals surface area (Å²) in [7, 11) is -3.04. The van der Waals surface area contributed by atoms with E-state index in [0.717, 1.165) is 51.6 Å². The molecule has 104 valence electrons. The van der Waals surface area contributed by atoms with E-state index in [4.69, 9.17) is 0 Å². The summed E-state index contributed by atoms with van der Waals surface area (Å²) in [4.78, 5) is 13.7. The fourth-order valence-electron chi connectivity index (χ4n) is 2.95. The van der Waals surface area contributed by atoms with E-state index in [2.05, 4.69) is 0 Å². The van der Waals surface area contributed by atoms with Crippen LogP contribution in [0.3, 0.4) is 0 Å². The summed E-state index contributed by atoms with van der Waals surface area (Å²) in [6, 6.07) is 0. The van der Waals surface area contributed by atoms with Gasteiger partial charge < -0.3 is 4.90 Å². The van der Waals surface area contributed by atoms with Crippen LogP contribution in [0.2, 0.25) is 0 Å². The van der Waals surface area contributed by atoms with Crippen molar-refractivity contribution in [1.82, 2.24) is 4.90 Å². The van der Waals surface area contributed by atoms with Crippen LogP contribution < -0.4 is 0 Å². The first-order valence-corrected chi connectivity index (χ1v) is 8.80. The molecule has 5 heteroatoms. The molecule has 0 aromatic rings. The van der Waals surface area contributed by atoms with Gasteiger partial charge in [-0.05, 0) is 32.1 Å². The largest absolute Gasteiger partial charge is 0.343 e. The van der Waals surface area contributed by atoms with E-state index in [9.17, 15) is 13.2 Å². The first kappa shape index (κ1) is 13.8. The molecule has 0 aromatic carbocycles. The number of nitrogens with zero attached hydrogens (tertiary/aromatic N) is 1. The van der Waals surface area contributed by atoms with Gasteiger partial charge in [0.2, 0.25) is 5.91 Å². The van der Waals surface area contributed by atoms with Crippen molar-refractivity contribution < 1.29 is 13.2 Å². The summed E-state index contributed by atoms with van der Waals surface area (Å²) in [5, 5.41) is -0.174. The molecular weight excluding hydrogens is 250 g/mol. The molecule has 1 aliphatic heterocycles. The minimum atomic E-state index is -3.04. The molecule has 2 aliphatic rings. The first-order valence-electron chi connectivity index (χ1n) is 7.09. The smallest absolute Gasteiger partial charge is 0.223 e. The second-order valence-electron chi connectivity index (χ2n) is 5.46. The van der Waals surface area contributed by atoms with Crippen LogP contribution in [-0.4, -0.2) is 43.3 Å². The Morgan fingerprint density at radius 1 is 1.00 bits per heavy atom. The van der Waals surface area contributed by atoms with Crippen LogP contribution in [0.25, 0.3) is 0 Å². The van der Waals surface area contributed by atoms with Gasteiger partial charge in [0.25, 0.3) is 0 Å². The highest BCUT2D eigenvalue weighted by atomic mass is 32.2. The number of carbonyl (C=O) groups excluding carboxylic acids is 1. The zero-order valence-electron chi connectivity index (χ0n) is 10.9. The molecule has 1 saturated heterocycles. The minimum Gasteiger partial charge on any atom is -0.343 e. The van der Waals surface area contributed by atoms with E-state index < -0.39 is 9.84 Å². The van der Waals surface area contributed by atoms with Crippen LogP contribution in [0, 0.1) is 0 Å². The van der Waals surface area contributed by atoms with Crippen molar-refractivity contribution in [3.05, 3.63) is 0 Å². The van der Waals surface area contributed by atoms with E-state index in [1.165, 1.54) is 6.42 Å². The van der Waals surface area contributed by atoms with E-state index >= 15 is 0 Å². The fourth-order valence-corrected chi connectivity index (χ4v) is 4.79. The van der Waals surface area contributed by atoms with Gasteiger partial charge >= 0.3 is 0 Å². The van der Waals surface area contributed by atoms with Crippen LogP contribution in [0.15, 0.2) is 0 Å². The summed E-state index contributed by atoms with van der Waals surface area (Å²) >= 11 is 0. The van der Waals surface area contributed by atoms with Crippen molar-refractivity contribution in [3.8, 4) is 0 Å². The number of piperidine rings is 1. The zero-order valence-corrected chi connectivity index (χ0v) is 11.8. The minimum absolute atomic E-state index is 0.0243. The topological polar surface area (TPSA) is 54.5 Å². The van der Waals surface area contributed by atoms with Gasteiger partial charge in [0.1, 0.15) is 0 Å². The lowest BCUT2D eigenvalue weighted by Crippen LogP contribution is -2.37. The maximum Gasteiger partial charge on any atom is 0.223 e. The van der Waals surface area contributed by atoms with Crippen molar-refractivity contribution >= 4 is 15.7 Å². The molecule has 1 saturated carbocycles. The van der Waals surface area contributed by atoms with E-state index in [1.54, 1.807) is 0 Å². The molecule has 2 fully saturated rings. The number of carbonyl (C=O) groups is 1. The predicted molar refractivity (Wildman–Crippen MR) is 71.1 cm³/mol. The molecular formula is C13H23NO3S. The van der Waals surface area contributed by atoms with Crippen molar-refractivity contribution in [2.24, 2.45) is 0 Å². The zero-order chi connectivity index (χ0) is 13.0. The van der Waals surface area contributed by atoms with Crippen molar-refractivity contribution in [1.29, 1.82) is 0 Å². The Balaban J connectivity index is 1.81. The molecule has 18 heavy (non-hydrogen) atoms. The first-order chi connectivity index (χ1) is 8.59. The van der Waals surface area contributed by atoms with Crippen LogP contribution in [0.1, 0.15) is 51.4 Å². The van der Waals surface area contributed by atoms with Crippen LogP contribution >= 0.6 is 0 Å². The molecule has 1 heterocycles. The Kier molecular flexibility index (Phi) is 4.65. The summed E-state index contributed by atoms with van der Waals surface area (Å²) in [6.07, 6.45) is 7.10. The van der Waals surface area contributed by atoms with Gasteiger partial charge in [0.05, 0.1) is 11.0 Å². The number of amides is 1. The highest BCUT2D eigenvalue weighted by Gasteiger charge is 2.29. The predicted octanol–water partition coefficient (Wildman–Crippen LogP) is 1.75. The van der Waals surface area contributed by atoms with Gasteiger partial charge in [0.15, 0.2) is 9.84 Å². The third kappa shape index (κ3) is 3.46. The molecule has 4 nitrogen and oxygen atoms in total. The molecule has 0 radical (unpaired) electrons. The lowest BCUT2D eigenvalue weighted by Gasteiger charge is -2.26. The number of hydrogen-bond acceptors (Lipinski definition) is 3. The van der Waals surface area contributed by atoms with Gasteiger partial charge in [-0.15, -0.1) is 0 Å². The van der Waals surface area contributed by atoms with Crippen LogP contribution in [0.4, 0.5) is 0 Å². The van der Waals surface area contributed by atoms with E-state index in [1.807, 2.05) is 4.90 Å². The molecule has 0 aromatic heterocycles. The van der Waals surface area contributed by atoms with Crippen molar-refractivity contribution in [2.75, 3.05) is 18.8 Å². The summed E-state index contributed by atoms with van der Waals surface area (Å²) in [6.45, 7) is 1.62. The molecule has 1 aliphatic carbocycles. The number of hydrogen-bond donors (Lipinski definition) is 0. The summed E-state index contributed by atoms with van der Waals surface area (Å²) in [5.74, 6) is 0.0729. The Hall–Kier alpha value is -0.580. The van der Waals surface area contributed by atoms with Crippen molar-refractivity contribution in [2.45, 2.75) is 56.6 Å². The molecule has 2 rings (SSSR count). The number of sulfone groups is 1. The molecule has 0 spiro atoms. The van der Waals surface area contributed by atoms with Crippen molar-refractivity contribution in [3.63, 3.8) is 0 Å². The van der Waals surface area contributed by atoms with Crippen LogP contribution in [-0.2, 0) is 14.6 Å². The Morgan fingerprint density at radius 3 is 2.22 bits per heavy atom. The van der Waals surface area contributed by atoms with Gasteiger partial charge in [-0.1, -0.05) is 12.8 Å². The normalized spacial score (nSPS) is 22.3. The van der Waals surface area contributed by atoms with Gasteiger partial charge in [-0.25, -0.2) is 8.42 Å². The maximum absolute atomic E-state index is 12.0. The average molecular weight is 273 g/mol. The van der Waals surface area contributed by atoms with Gasteiger partial charge in [-0.3, -0.25) is 4.79 Å². The molecule has 0 unspecified atom stereocenters. The average Bonchev–Trinajstić information content (AvgIpc) is 2.92. The van der Waals surface area contributed by atoms with Gasteiger partial charge in [-0.2, -0.15) is 0 Å².